The van der Waals surface area contributed by atoms with Crippen LogP contribution >= 0.6 is 0 Å². The lowest BCUT2D eigenvalue weighted by molar-refractivity contribution is -0.134. The number of halogens is 2. The maximum Gasteiger partial charge on any atom is 0.322 e. The zero-order valence-corrected chi connectivity index (χ0v) is 9.57. The van der Waals surface area contributed by atoms with Gasteiger partial charge in [0.25, 0.3) is 0 Å². The van der Waals surface area contributed by atoms with Crippen LogP contribution in [0.4, 0.5) is 19.3 Å². The Morgan fingerprint density at radius 1 is 1.21 bits per heavy atom. The number of piperazine rings is 1. The molecule has 0 aromatic heterocycles. The zero-order valence-electron chi connectivity index (χ0n) is 9.57. The summed E-state index contributed by atoms with van der Waals surface area (Å²) in [6, 6.07) is 1.83. The zero-order chi connectivity index (χ0) is 14.0. The lowest BCUT2D eigenvalue weighted by Gasteiger charge is -2.25. The molecule has 0 saturated carbocycles. The van der Waals surface area contributed by atoms with Crippen LogP contribution in [0.5, 0.6) is 0 Å². The molecule has 2 rings (SSSR count). The predicted molar refractivity (Wildman–Crippen MR) is 60.1 cm³/mol. The molecule has 2 N–H and O–H groups in total. The van der Waals surface area contributed by atoms with E-state index >= 15 is 0 Å². The molecule has 1 aromatic carbocycles. The van der Waals surface area contributed by atoms with Gasteiger partial charge in [0.2, 0.25) is 11.8 Å². The van der Waals surface area contributed by atoms with Crippen LogP contribution < -0.4 is 10.6 Å². The van der Waals surface area contributed by atoms with Crippen molar-refractivity contribution in [1.29, 1.82) is 0 Å². The van der Waals surface area contributed by atoms with Gasteiger partial charge in [0.15, 0.2) is 0 Å². The van der Waals surface area contributed by atoms with Crippen molar-refractivity contribution in [1.82, 2.24) is 10.2 Å². The van der Waals surface area contributed by atoms with Crippen molar-refractivity contribution in [2.45, 2.75) is 0 Å². The van der Waals surface area contributed by atoms with Gasteiger partial charge in [-0.1, -0.05) is 0 Å². The average Bonchev–Trinajstić information content (AvgIpc) is 2.31. The van der Waals surface area contributed by atoms with E-state index in [0.717, 1.165) is 17.0 Å². The second-order valence-electron chi connectivity index (χ2n) is 3.88. The molecule has 4 amide bonds. The number of rotatable bonds is 1. The smallest absolute Gasteiger partial charge is 0.306 e. The van der Waals surface area contributed by atoms with Gasteiger partial charge >= 0.3 is 6.03 Å². The molecule has 1 fully saturated rings. The Morgan fingerprint density at radius 3 is 2.42 bits per heavy atom. The van der Waals surface area contributed by atoms with E-state index in [9.17, 15) is 23.2 Å². The van der Waals surface area contributed by atoms with Crippen LogP contribution in [-0.4, -0.2) is 35.8 Å². The van der Waals surface area contributed by atoms with Crippen molar-refractivity contribution >= 4 is 23.5 Å². The summed E-state index contributed by atoms with van der Waals surface area (Å²) in [5, 5.41) is 4.18. The molecule has 0 spiro atoms. The highest BCUT2D eigenvalue weighted by Crippen LogP contribution is 2.15. The van der Waals surface area contributed by atoms with Crippen molar-refractivity contribution in [2.75, 3.05) is 18.4 Å². The Bertz CT molecular complexity index is 546. The third-order valence-corrected chi connectivity index (χ3v) is 2.41. The summed E-state index contributed by atoms with van der Waals surface area (Å²) < 4.78 is 26.0. The topological polar surface area (TPSA) is 78.5 Å². The van der Waals surface area contributed by atoms with Gasteiger partial charge < -0.3 is 10.2 Å². The fraction of sp³-hybridized carbons (Fsp3) is 0.182. The third-order valence-electron chi connectivity index (χ3n) is 2.41. The van der Waals surface area contributed by atoms with E-state index in [-0.39, 0.29) is 18.8 Å². The van der Waals surface area contributed by atoms with Crippen LogP contribution in [0.3, 0.4) is 0 Å². The van der Waals surface area contributed by atoms with E-state index in [1.807, 2.05) is 5.32 Å². The molecule has 6 nitrogen and oxygen atoms in total. The standard InChI is InChI=1S/C11H9F2N3O3/c12-6-1-2-8(7(13)3-6)14-11(19)16-4-9(17)15-10(18)5-16/h1-3H,4-5H2,(H,14,19)(H,15,17,18). The van der Waals surface area contributed by atoms with Crippen molar-refractivity contribution in [3.63, 3.8) is 0 Å². The van der Waals surface area contributed by atoms with E-state index < -0.39 is 29.5 Å². The summed E-state index contributed by atoms with van der Waals surface area (Å²) in [6.07, 6.45) is 0. The minimum atomic E-state index is -0.943. The molecule has 1 aliphatic heterocycles. The first-order valence-electron chi connectivity index (χ1n) is 5.29. The number of hydrogen-bond donors (Lipinski definition) is 2. The Hall–Kier alpha value is -2.51. The molecule has 0 atom stereocenters. The van der Waals surface area contributed by atoms with Crippen LogP contribution in [0.1, 0.15) is 0 Å². The molecule has 0 radical (unpaired) electrons. The molecule has 1 saturated heterocycles. The van der Waals surface area contributed by atoms with Gasteiger partial charge in [-0.25, -0.2) is 13.6 Å². The van der Waals surface area contributed by atoms with Gasteiger partial charge in [-0.15, -0.1) is 0 Å². The first-order valence-corrected chi connectivity index (χ1v) is 5.29. The number of carbonyl (C=O) groups excluding carboxylic acids is 3. The number of urea groups is 1. The highest BCUT2D eigenvalue weighted by Gasteiger charge is 2.26. The summed E-state index contributed by atoms with van der Waals surface area (Å²) >= 11 is 0. The van der Waals surface area contributed by atoms with Crippen LogP contribution in [0.2, 0.25) is 0 Å². The summed E-state index contributed by atoms with van der Waals surface area (Å²) in [7, 11) is 0. The van der Waals surface area contributed by atoms with Gasteiger partial charge in [-0.2, -0.15) is 0 Å². The minimum absolute atomic E-state index is 0.232. The number of carbonyl (C=O) groups is 3. The van der Waals surface area contributed by atoms with E-state index in [0.29, 0.717) is 6.07 Å². The number of benzene rings is 1. The van der Waals surface area contributed by atoms with Crippen LogP contribution in [0.25, 0.3) is 0 Å². The Morgan fingerprint density at radius 2 is 1.84 bits per heavy atom. The molecule has 100 valence electrons. The van der Waals surface area contributed by atoms with Gasteiger partial charge in [-0.3, -0.25) is 14.9 Å². The van der Waals surface area contributed by atoms with Crippen LogP contribution in [-0.2, 0) is 9.59 Å². The fourth-order valence-electron chi connectivity index (χ4n) is 1.57. The highest BCUT2D eigenvalue weighted by atomic mass is 19.1. The molecule has 19 heavy (non-hydrogen) atoms. The van der Waals surface area contributed by atoms with E-state index in [2.05, 4.69) is 5.32 Å². The molecule has 8 heteroatoms. The maximum atomic E-state index is 13.3. The van der Waals surface area contributed by atoms with E-state index in [1.165, 1.54) is 0 Å². The number of hydrogen-bond acceptors (Lipinski definition) is 3. The number of imide groups is 1. The average molecular weight is 269 g/mol. The van der Waals surface area contributed by atoms with Crippen molar-refractivity contribution in [2.24, 2.45) is 0 Å². The monoisotopic (exact) mass is 269 g/mol. The number of nitrogens with zero attached hydrogens (tertiary/aromatic N) is 1. The molecule has 0 aliphatic carbocycles. The fourth-order valence-corrected chi connectivity index (χ4v) is 1.57. The maximum absolute atomic E-state index is 13.3. The second kappa shape index (κ2) is 5.01. The van der Waals surface area contributed by atoms with Crippen molar-refractivity contribution < 1.29 is 23.2 Å². The van der Waals surface area contributed by atoms with Crippen LogP contribution in [0, 0.1) is 11.6 Å². The first kappa shape index (κ1) is 12.9. The molecule has 1 aromatic rings. The number of nitrogens with one attached hydrogen (secondary N) is 2. The highest BCUT2D eigenvalue weighted by molar-refractivity contribution is 6.04. The van der Waals surface area contributed by atoms with Gasteiger partial charge in [0.05, 0.1) is 5.69 Å². The number of anilines is 1. The predicted octanol–water partition coefficient (Wildman–Crippen LogP) is 0.455. The Balaban J connectivity index is 2.08. The SMILES string of the molecule is O=C1CN(C(=O)Nc2ccc(F)cc2F)CC(=O)N1. The van der Waals surface area contributed by atoms with Gasteiger partial charge in [0, 0.05) is 6.07 Å². The molecule has 0 bridgehead atoms. The van der Waals surface area contributed by atoms with E-state index in [1.54, 1.807) is 0 Å². The summed E-state index contributed by atoms with van der Waals surface area (Å²) in [5.74, 6) is -2.96. The molecule has 0 unspecified atom stereocenters. The first-order chi connectivity index (χ1) is 8.95. The Kier molecular flexibility index (Phi) is 3.41. The number of amides is 4. The van der Waals surface area contributed by atoms with E-state index in [4.69, 9.17) is 0 Å². The summed E-state index contributed by atoms with van der Waals surface area (Å²) in [6.45, 7) is -0.610. The minimum Gasteiger partial charge on any atom is -0.306 e. The molecular formula is C11H9F2N3O3. The normalized spacial score (nSPS) is 15.2. The van der Waals surface area contributed by atoms with Crippen molar-refractivity contribution in [3.05, 3.63) is 29.8 Å². The van der Waals surface area contributed by atoms with Crippen LogP contribution in [0.15, 0.2) is 18.2 Å². The Labute approximate surface area is 106 Å². The van der Waals surface area contributed by atoms with Gasteiger partial charge in [-0.05, 0) is 12.1 Å². The largest absolute Gasteiger partial charge is 0.322 e. The summed E-state index contributed by atoms with van der Waals surface area (Å²) in [5.41, 5.74) is -0.232. The quantitative estimate of drug-likeness (QED) is 0.727. The van der Waals surface area contributed by atoms with Crippen molar-refractivity contribution in [3.8, 4) is 0 Å². The lowest BCUT2D eigenvalue weighted by Crippen LogP contribution is -2.54. The van der Waals surface area contributed by atoms with Gasteiger partial charge in [0.1, 0.15) is 24.7 Å². The lowest BCUT2D eigenvalue weighted by atomic mass is 10.3. The molecule has 1 heterocycles. The molecular weight excluding hydrogens is 260 g/mol. The third kappa shape index (κ3) is 3.03. The summed E-state index contributed by atoms with van der Waals surface area (Å²) in [4.78, 5) is 34.8. The molecule has 1 aliphatic rings. The second-order valence-corrected chi connectivity index (χ2v) is 3.88.